The van der Waals surface area contributed by atoms with Gasteiger partial charge in [-0.25, -0.2) is 0 Å². The topological polar surface area (TPSA) is 24.9 Å². The van der Waals surface area contributed by atoms with Crippen LogP contribution in [0.4, 0.5) is 0 Å². The Balaban J connectivity index is 1.45. The molecule has 1 unspecified atom stereocenters. The highest BCUT2D eigenvalue weighted by Gasteiger charge is 2.25. The number of hydrogen-bond acceptors (Lipinski definition) is 4. The largest absolute Gasteiger partial charge is 0.492 e. The molecule has 128 valence electrons. The van der Waals surface area contributed by atoms with Crippen molar-refractivity contribution in [3.8, 4) is 5.75 Å². The van der Waals surface area contributed by atoms with Crippen LogP contribution in [0.25, 0.3) is 0 Å². The number of likely N-dealkylation sites (tertiary alicyclic amines) is 1. The smallest absolute Gasteiger partial charge is 0.119 e. The lowest BCUT2D eigenvalue weighted by atomic mass is 10.0. The van der Waals surface area contributed by atoms with Crippen LogP contribution in [0.5, 0.6) is 5.75 Å². The fraction of sp³-hybridized carbons (Fsp3) is 0.667. The fourth-order valence-corrected chi connectivity index (χ4v) is 3.58. The molecule has 0 N–H and O–H groups in total. The number of piperidine rings is 1. The summed E-state index contributed by atoms with van der Waals surface area (Å²) in [5.74, 6) is 0.899. The van der Waals surface area contributed by atoms with E-state index in [1.54, 1.807) is 0 Å². The molecular formula is C18H27ClN2O2. The van der Waals surface area contributed by atoms with Crippen molar-refractivity contribution < 1.29 is 9.47 Å². The number of nitrogens with zero attached hydrogens (tertiary/aromatic N) is 2. The van der Waals surface area contributed by atoms with Crippen molar-refractivity contribution in [1.29, 1.82) is 0 Å². The van der Waals surface area contributed by atoms with Crippen molar-refractivity contribution >= 4 is 11.6 Å². The zero-order chi connectivity index (χ0) is 15.9. The summed E-state index contributed by atoms with van der Waals surface area (Å²) in [7, 11) is 0. The quantitative estimate of drug-likeness (QED) is 0.796. The summed E-state index contributed by atoms with van der Waals surface area (Å²) >= 11 is 5.90. The summed E-state index contributed by atoms with van der Waals surface area (Å²) in [5.41, 5.74) is 0. The van der Waals surface area contributed by atoms with Gasteiger partial charge in [-0.1, -0.05) is 18.0 Å². The Kier molecular flexibility index (Phi) is 6.57. The lowest BCUT2D eigenvalue weighted by molar-refractivity contribution is 0.0148. The molecule has 0 amide bonds. The van der Waals surface area contributed by atoms with Gasteiger partial charge in [-0.05, 0) is 43.7 Å². The van der Waals surface area contributed by atoms with Crippen LogP contribution in [0, 0.1) is 0 Å². The Bertz CT molecular complexity index is 463. The van der Waals surface area contributed by atoms with E-state index < -0.39 is 0 Å². The number of hydrogen-bond donors (Lipinski definition) is 0. The lowest BCUT2D eigenvalue weighted by Crippen LogP contribution is -2.50. The number of rotatable bonds is 6. The molecule has 4 nitrogen and oxygen atoms in total. The first-order valence-corrected chi connectivity index (χ1v) is 9.11. The third-order valence-electron chi connectivity index (χ3n) is 4.78. The van der Waals surface area contributed by atoms with Gasteiger partial charge >= 0.3 is 0 Å². The second-order valence-electron chi connectivity index (χ2n) is 6.40. The Morgan fingerprint density at radius 3 is 2.65 bits per heavy atom. The maximum Gasteiger partial charge on any atom is 0.119 e. The van der Waals surface area contributed by atoms with E-state index in [0.717, 1.165) is 50.2 Å². The molecule has 0 radical (unpaired) electrons. The molecule has 1 aromatic rings. The molecule has 0 spiro atoms. The number of ether oxygens (including phenoxy) is 2. The molecule has 23 heavy (non-hydrogen) atoms. The van der Waals surface area contributed by atoms with Crippen LogP contribution >= 0.6 is 11.6 Å². The van der Waals surface area contributed by atoms with Crippen LogP contribution in [0.3, 0.4) is 0 Å². The van der Waals surface area contributed by atoms with Gasteiger partial charge in [0, 0.05) is 37.2 Å². The van der Waals surface area contributed by atoms with E-state index in [2.05, 4.69) is 9.80 Å². The average Bonchev–Trinajstić information content (AvgIpc) is 2.59. The molecule has 0 aliphatic carbocycles. The maximum absolute atomic E-state index is 5.90. The molecule has 0 aromatic heterocycles. The normalized spacial score (nSPS) is 23.8. The Labute approximate surface area is 144 Å². The summed E-state index contributed by atoms with van der Waals surface area (Å²) in [6.45, 7) is 8.01. The third kappa shape index (κ3) is 5.35. The Hall–Kier alpha value is -0.810. The number of morpholine rings is 1. The predicted octanol–water partition coefficient (Wildman–Crippen LogP) is 2.91. The minimum absolute atomic E-state index is 0.663. The van der Waals surface area contributed by atoms with Crippen molar-refractivity contribution in [1.82, 2.24) is 9.80 Å². The van der Waals surface area contributed by atoms with E-state index >= 15 is 0 Å². The molecule has 2 aliphatic heterocycles. The van der Waals surface area contributed by atoms with Crippen molar-refractivity contribution in [2.75, 3.05) is 52.5 Å². The summed E-state index contributed by atoms with van der Waals surface area (Å²) in [4.78, 5) is 5.15. The van der Waals surface area contributed by atoms with Gasteiger partial charge in [0.25, 0.3) is 0 Å². The van der Waals surface area contributed by atoms with E-state index in [1.807, 2.05) is 24.3 Å². The first kappa shape index (κ1) is 17.0. The monoisotopic (exact) mass is 338 g/mol. The van der Waals surface area contributed by atoms with Crippen LogP contribution in [-0.4, -0.2) is 68.4 Å². The summed E-state index contributed by atoms with van der Waals surface area (Å²) < 4.78 is 11.3. The van der Waals surface area contributed by atoms with Crippen molar-refractivity contribution in [3.05, 3.63) is 29.3 Å². The van der Waals surface area contributed by atoms with Crippen molar-refractivity contribution in [3.63, 3.8) is 0 Å². The summed E-state index contributed by atoms with van der Waals surface area (Å²) in [6.07, 6.45) is 3.96. The zero-order valence-corrected chi connectivity index (χ0v) is 14.5. The SMILES string of the molecule is Clc1ccc(OCCN2CCCCC2CN2CCOCC2)cc1. The maximum atomic E-state index is 5.90. The first-order valence-electron chi connectivity index (χ1n) is 8.74. The summed E-state index contributed by atoms with van der Waals surface area (Å²) in [5, 5.41) is 0.749. The molecular weight excluding hydrogens is 312 g/mol. The van der Waals surface area contributed by atoms with Crippen LogP contribution in [-0.2, 0) is 4.74 Å². The molecule has 0 saturated carbocycles. The molecule has 0 bridgehead atoms. The minimum atomic E-state index is 0.663. The molecule has 1 atom stereocenters. The Morgan fingerprint density at radius 1 is 1.09 bits per heavy atom. The highest BCUT2D eigenvalue weighted by Crippen LogP contribution is 2.19. The minimum Gasteiger partial charge on any atom is -0.492 e. The van der Waals surface area contributed by atoms with E-state index in [1.165, 1.54) is 32.4 Å². The highest BCUT2D eigenvalue weighted by atomic mass is 35.5. The molecule has 5 heteroatoms. The number of benzene rings is 1. The fourth-order valence-electron chi connectivity index (χ4n) is 3.45. The molecule has 2 aliphatic rings. The van der Waals surface area contributed by atoms with E-state index in [-0.39, 0.29) is 0 Å². The van der Waals surface area contributed by atoms with Crippen LogP contribution < -0.4 is 4.74 Å². The molecule has 2 saturated heterocycles. The van der Waals surface area contributed by atoms with Gasteiger partial charge in [0.1, 0.15) is 12.4 Å². The second kappa shape index (κ2) is 8.88. The van der Waals surface area contributed by atoms with E-state index in [9.17, 15) is 0 Å². The van der Waals surface area contributed by atoms with E-state index in [4.69, 9.17) is 21.1 Å². The van der Waals surface area contributed by atoms with Gasteiger partial charge in [0.05, 0.1) is 13.2 Å². The van der Waals surface area contributed by atoms with Gasteiger partial charge in [-0.15, -0.1) is 0 Å². The van der Waals surface area contributed by atoms with Crippen molar-refractivity contribution in [2.45, 2.75) is 25.3 Å². The van der Waals surface area contributed by atoms with Crippen LogP contribution in [0.2, 0.25) is 5.02 Å². The van der Waals surface area contributed by atoms with Gasteiger partial charge in [0.2, 0.25) is 0 Å². The van der Waals surface area contributed by atoms with E-state index in [0.29, 0.717) is 6.04 Å². The molecule has 2 heterocycles. The van der Waals surface area contributed by atoms with Crippen LogP contribution in [0.15, 0.2) is 24.3 Å². The highest BCUT2D eigenvalue weighted by molar-refractivity contribution is 6.30. The standard InChI is InChI=1S/C18H27ClN2O2/c19-16-4-6-18(7-5-16)23-14-11-21-8-2-1-3-17(21)15-20-9-12-22-13-10-20/h4-7,17H,1-3,8-15H2. The predicted molar refractivity (Wildman–Crippen MR) is 93.4 cm³/mol. The molecule has 1 aromatic carbocycles. The third-order valence-corrected chi connectivity index (χ3v) is 5.03. The lowest BCUT2D eigenvalue weighted by Gasteiger charge is -2.39. The van der Waals surface area contributed by atoms with Crippen molar-refractivity contribution in [2.24, 2.45) is 0 Å². The van der Waals surface area contributed by atoms with Gasteiger partial charge in [-0.2, -0.15) is 0 Å². The Morgan fingerprint density at radius 2 is 1.87 bits per heavy atom. The van der Waals surface area contributed by atoms with Gasteiger partial charge in [-0.3, -0.25) is 9.80 Å². The van der Waals surface area contributed by atoms with Gasteiger partial charge in [0.15, 0.2) is 0 Å². The molecule has 2 fully saturated rings. The first-order chi connectivity index (χ1) is 11.3. The average molecular weight is 339 g/mol. The van der Waals surface area contributed by atoms with Gasteiger partial charge < -0.3 is 9.47 Å². The zero-order valence-electron chi connectivity index (χ0n) is 13.8. The second-order valence-corrected chi connectivity index (χ2v) is 6.84. The number of halogens is 1. The summed E-state index contributed by atoms with van der Waals surface area (Å²) in [6, 6.07) is 8.28. The molecule has 3 rings (SSSR count). The van der Waals surface area contributed by atoms with Crippen LogP contribution in [0.1, 0.15) is 19.3 Å².